The monoisotopic (exact) mass is 345 g/mol. The molecule has 0 fully saturated rings. The van der Waals surface area contributed by atoms with Gasteiger partial charge in [-0.1, -0.05) is 56.3 Å². The number of nitrogens with one attached hydrogen (secondary N) is 1. The van der Waals surface area contributed by atoms with Crippen LogP contribution in [-0.4, -0.2) is 5.91 Å². The molecule has 0 aliphatic heterocycles. The van der Waals surface area contributed by atoms with Crippen molar-refractivity contribution in [3.63, 3.8) is 0 Å². The largest absolute Gasteiger partial charge is 0.489 e. The molecule has 1 N–H and O–H groups in total. The number of ether oxygens (including phenoxy) is 1. The van der Waals surface area contributed by atoms with Crippen molar-refractivity contribution in [2.24, 2.45) is 0 Å². The molecule has 0 heterocycles. The molecule has 1 amide bonds. The third-order valence-corrected chi connectivity index (χ3v) is 4.20. The highest BCUT2D eigenvalue weighted by Crippen LogP contribution is 2.18. The first kappa shape index (κ1) is 17.7. The Morgan fingerprint density at radius 2 is 1.54 bits per heavy atom. The Balaban J connectivity index is 1.58. The lowest BCUT2D eigenvalue weighted by molar-refractivity contribution is 0.102. The molecule has 0 atom stereocenters. The minimum Gasteiger partial charge on any atom is -0.489 e. The number of carbonyl (C=O) groups excluding carboxylic acids is 1. The van der Waals surface area contributed by atoms with Gasteiger partial charge in [0.15, 0.2) is 0 Å². The molecule has 0 aliphatic carbocycles. The Bertz CT molecular complexity index is 838. The average Bonchev–Trinajstić information content (AvgIpc) is 2.68. The van der Waals surface area contributed by atoms with Gasteiger partial charge in [-0.2, -0.15) is 0 Å². The number of para-hydroxylation sites is 1. The van der Waals surface area contributed by atoms with Crippen LogP contribution in [0.15, 0.2) is 78.9 Å². The van der Waals surface area contributed by atoms with Crippen LogP contribution in [0.4, 0.5) is 5.69 Å². The number of anilines is 1. The van der Waals surface area contributed by atoms with Crippen LogP contribution >= 0.6 is 0 Å². The van der Waals surface area contributed by atoms with Gasteiger partial charge in [-0.05, 0) is 53.4 Å². The molecule has 3 nitrogen and oxygen atoms in total. The van der Waals surface area contributed by atoms with E-state index >= 15 is 0 Å². The van der Waals surface area contributed by atoms with Crippen LogP contribution in [0.2, 0.25) is 0 Å². The van der Waals surface area contributed by atoms with E-state index in [-0.39, 0.29) is 5.91 Å². The van der Waals surface area contributed by atoms with Crippen LogP contribution < -0.4 is 10.1 Å². The van der Waals surface area contributed by atoms with Gasteiger partial charge in [-0.25, -0.2) is 0 Å². The van der Waals surface area contributed by atoms with Crippen molar-refractivity contribution < 1.29 is 9.53 Å². The van der Waals surface area contributed by atoms with Gasteiger partial charge in [0, 0.05) is 11.3 Å². The van der Waals surface area contributed by atoms with E-state index in [0.29, 0.717) is 18.1 Å². The van der Waals surface area contributed by atoms with E-state index in [4.69, 9.17) is 4.74 Å². The van der Waals surface area contributed by atoms with Gasteiger partial charge in [0.2, 0.25) is 0 Å². The van der Waals surface area contributed by atoms with Crippen LogP contribution in [0.5, 0.6) is 5.75 Å². The maximum atomic E-state index is 12.4. The molecule has 0 bridgehead atoms. The molecule has 0 saturated heterocycles. The molecule has 0 spiro atoms. The Morgan fingerprint density at radius 3 is 2.15 bits per heavy atom. The van der Waals surface area contributed by atoms with E-state index in [1.807, 2.05) is 78.9 Å². The molecule has 132 valence electrons. The highest BCUT2D eigenvalue weighted by molar-refractivity contribution is 6.04. The lowest BCUT2D eigenvalue weighted by Crippen LogP contribution is -2.12. The fraction of sp³-hybridized carbons (Fsp3) is 0.174. The third kappa shape index (κ3) is 4.73. The molecule has 3 aromatic carbocycles. The Morgan fingerprint density at radius 1 is 0.885 bits per heavy atom. The lowest BCUT2D eigenvalue weighted by atomic mass is 10.0. The number of hydrogen-bond acceptors (Lipinski definition) is 2. The van der Waals surface area contributed by atoms with Crippen molar-refractivity contribution in [2.45, 2.75) is 26.4 Å². The maximum absolute atomic E-state index is 12.4. The first-order valence-corrected chi connectivity index (χ1v) is 8.80. The van der Waals surface area contributed by atoms with E-state index in [9.17, 15) is 4.79 Å². The Hall–Kier alpha value is -3.07. The fourth-order valence-electron chi connectivity index (χ4n) is 2.59. The molecule has 3 rings (SSSR count). The predicted octanol–water partition coefficient (Wildman–Crippen LogP) is 5.64. The molecule has 3 aromatic rings. The summed E-state index contributed by atoms with van der Waals surface area (Å²) in [5.41, 5.74) is 3.70. The normalized spacial score (nSPS) is 10.6. The van der Waals surface area contributed by atoms with Crippen molar-refractivity contribution in [1.29, 1.82) is 0 Å². The van der Waals surface area contributed by atoms with Gasteiger partial charge in [-0.15, -0.1) is 0 Å². The highest BCUT2D eigenvalue weighted by Gasteiger charge is 2.07. The van der Waals surface area contributed by atoms with Crippen molar-refractivity contribution >= 4 is 11.6 Å². The Kier molecular flexibility index (Phi) is 5.69. The zero-order valence-electron chi connectivity index (χ0n) is 15.1. The van der Waals surface area contributed by atoms with Crippen molar-refractivity contribution in [3.8, 4) is 5.75 Å². The summed E-state index contributed by atoms with van der Waals surface area (Å²) >= 11 is 0. The fourth-order valence-corrected chi connectivity index (χ4v) is 2.59. The summed E-state index contributed by atoms with van der Waals surface area (Å²) in [4.78, 5) is 12.4. The topological polar surface area (TPSA) is 38.3 Å². The van der Waals surface area contributed by atoms with Gasteiger partial charge in [0.25, 0.3) is 5.91 Å². The summed E-state index contributed by atoms with van der Waals surface area (Å²) < 4.78 is 5.72. The summed E-state index contributed by atoms with van der Waals surface area (Å²) in [6, 6.07) is 25.1. The quantitative estimate of drug-likeness (QED) is 0.628. The number of benzene rings is 3. The number of rotatable bonds is 6. The standard InChI is InChI=1S/C23H23NO2/c1-17(2)19-12-14-21(15-13-19)24-23(25)20-10-8-18(9-11-20)16-26-22-6-4-3-5-7-22/h3-15,17H,16H2,1-2H3,(H,24,25). The molecule has 26 heavy (non-hydrogen) atoms. The summed E-state index contributed by atoms with van der Waals surface area (Å²) in [5.74, 6) is 1.20. The van der Waals surface area contributed by atoms with Crippen molar-refractivity contribution in [3.05, 3.63) is 95.6 Å². The first-order chi connectivity index (χ1) is 12.6. The van der Waals surface area contributed by atoms with E-state index < -0.39 is 0 Å². The first-order valence-electron chi connectivity index (χ1n) is 8.80. The number of amides is 1. The Labute approximate surface area is 154 Å². The summed E-state index contributed by atoms with van der Waals surface area (Å²) in [6.07, 6.45) is 0. The van der Waals surface area contributed by atoms with Gasteiger partial charge in [0.05, 0.1) is 0 Å². The van der Waals surface area contributed by atoms with Gasteiger partial charge in [-0.3, -0.25) is 4.79 Å². The van der Waals surface area contributed by atoms with E-state index in [0.717, 1.165) is 17.0 Å². The second-order valence-corrected chi connectivity index (χ2v) is 6.53. The van der Waals surface area contributed by atoms with E-state index in [1.54, 1.807) is 0 Å². The number of hydrogen-bond donors (Lipinski definition) is 1. The molecule has 0 aliphatic rings. The summed E-state index contributed by atoms with van der Waals surface area (Å²) in [5, 5.41) is 2.93. The van der Waals surface area contributed by atoms with Crippen molar-refractivity contribution in [2.75, 3.05) is 5.32 Å². The highest BCUT2D eigenvalue weighted by atomic mass is 16.5. The molecule has 0 aromatic heterocycles. The van der Waals surface area contributed by atoms with Crippen LogP contribution in [-0.2, 0) is 6.61 Å². The minimum absolute atomic E-state index is 0.113. The molecule has 0 saturated carbocycles. The molecule has 0 unspecified atom stereocenters. The van der Waals surface area contributed by atoms with E-state index in [1.165, 1.54) is 5.56 Å². The number of carbonyl (C=O) groups is 1. The molecule has 0 radical (unpaired) electrons. The zero-order valence-corrected chi connectivity index (χ0v) is 15.1. The zero-order chi connectivity index (χ0) is 18.4. The van der Waals surface area contributed by atoms with Crippen LogP contribution in [0.1, 0.15) is 41.3 Å². The minimum atomic E-state index is -0.113. The molecule has 3 heteroatoms. The van der Waals surface area contributed by atoms with Crippen LogP contribution in [0, 0.1) is 0 Å². The predicted molar refractivity (Wildman–Crippen MR) is 106 cm³/mol. The summed E-state index contributed by atoms with van der Waals surface area (Å²) in [6.45, 7) is 4.77. The van der Waals surface area contributed by atoms with Crippen molar-refractivity contribution in [1.82, 2.24) is 0 Å². The maximum Gasteiger partial charge on any atom is 0.255 e. The van der Waals surface area contributed by atoms with Crippen LogP contribution in [0.25, 0.3) is 0 Å². The third-order valence-electron chi connectivity index (χ3n) is 4.20. The van der Waals surface area contributed by atoms with E-state index in [2.05, 4.69) is 19.2 Å². The smallest absolute Gasteiger partial charge is 0.255 e. The lowest BCUT2D eigenvalue weighted by Gasteiger charge is -2.09. The molecular formula is C23H23NO2. The van der Waals surface area contributed by atoms with Crippen LogP contribution in [0.3, 0.4) is 0 Å². The summed E-state index contributed by atoms with van der Waals surface area (Å²) in [7, 11) is 0. The van der Waals surface area contributed by atoms with Gasteiger partial charge >= 0.3 is 0 Å². The SMILES string of the molecule is CC(C)c1ccc(NC(=O)c2ccc(COc3ccccc3)cc2)cc1. The van der Waals surface area contributed by atoms with Gasteiger partial charge in [0.1, 0.15) is 12.4 Å². The second-order valence-electron chi connectivity index (χ2n) is 6.53. The van der Waals surface area contributed by atoms with Gasteiger partial charge < -0.3 is 10.1 Å². The average molecular weight is 345 g/mol. The second kappa shape index (κ2) is 8.34. The molecular weight excluding hydrogens is 322 g/mol.